The number of hydrogen-bond acceptors (Lipinski definition) is 4. The first kappa shape index (κ1) is 23.2. The molecule has 6 rings (SSSR count). The average Bonchev–Trinajstić information content (AvgIpc) is 3.25. The maximum atomic E-state index is 13.8. The lowest BCUT2D eigenvalue weighted by Crippen LogP contribution is -2.35. The summed E-state index contributed by atoms with van der Waals surface area (Å²) in [5.74, 6) is 1.15. The molecule has 2 saturated carbocycles. The average molecular weight is 487 g/mol. The van der Waals surface area contributed by atoms with Gasteiger partial charge in [0.25, 0.3) is 5.91 Å². The van der Waals surface area contributed by atoms with Crippen LogP contribution in [0.25, 0.3) is 11.0 Å². The van der Waals surface area contributed by atoms with Gasteiger partial charge in [-0.3, -0.25) is 9.59 Å². The van der Waals surface area contributed by atoms with Crippen LogP contribution in [0.5, 0.6) is 0 Å². The quantitative estimate of drug-likeness (QED) is 0.471. The zero-order valence-corrected chi connectivity index (χ0v) is 20.9. The third kappa shape index (κ3) is 4.41. The summed E-state index contributed by atoms with van der Waals surface area (Å²) in [5, 5.41) is 6.38. The molecule has 7 heteroatoms. The number of nitrogens with zero attached hydrogens (tertiary/aromatic N) is 2. The van der Waals surface area contributed by atoms with Gasteiger partial charge in [-0.15, -0.1) is 0 Å². The maximum absolute atomic E-state index is 13.8. The Hall–Kier alpha value is -3.19. The highest BCUT2D eigenvalue weighted by Gasteiger charge is 2.46. The molecule has 1 aromatic heterocycles. The molecule has 0 unspecified atom stereocenters. The van der Waals surface area contributed by atoms with Crippen LogP contribution in [0.4, 0.5) is 5.69 Å². The van der Waals surface area contributed by atoms with Gasteiger partial charge in [0.2, 0.25) is 5.91 Å². The van der Waals surface area contributed by atoms with Gasteiger partial charge in [-0.25, -0.2) is 4.98 Å². The minimum atomic E-state index is -0.331. The van der Waals surface area contributed by atoms with Crippen molar-refractivity contribution in [3.05, 3.63) is 59.4 Å². The molecule has 0 radical (unpaired) electrons. The fourth-order valence-electron chi connectivity index (χ4n) is 6.03. The molecule has 2 N–H and O–H groups in total. The van der Waals surface area contributed by atoms with Crippen LogP contribution in [0.15, 0.2) is 42.5 Å². The summed E-state index contributed by atoms with van der Waals surface area (Å²) < 4.78 is 7.91. The van der Waals surface area contributed by atoms with E-state index in [4.69, 9.17) is 9.72 Å². The fourth-order valence-corrected chi connectivity index (χ4v) is 6.03. The summed E-state index contributed by atoms with van der Waals surface area (Å²) in [6, 6.07) is 13.9. The van der Waals surface area contributed by atoms with Gasteiger partial charge in [0.05, 0.1) is 22.1 Å². The fraction of sp³-hybridized carbons (Fsp3) is 0.483. The molecule has 2 heterocycles. The molecule has 0 bridgehead atoms. The number of nitrogens with one attached hydrogen (secondary N) is 2. The SMILES string of the molecule is Cn1c([C@@H]2CCCO2)nc2cc(NC(=O)CC3CCCC3)cc(C(=O)NC3(c4ccccc4)CC3)c21. The number of amides is 2. The van der Waals surface area contributed by atoms with Gasteiger partial charge in [0.15, 0.2) is 0 Å². The zero-order valence-electron chi connectivity index (χ0n) is 20.9. The van der Waals surface area contributed by atoms with E-state index >= 15 is 0 Å². The van der Waals surface area contributed by atoms with Crippen LogP contribution in [-0.2, 0) is 22.1 Å². The van der Waals surface area contributed by atoms with Gasteiger partial charge in [-0.05, 0) is 62.1 Å². The lowest BCUT2D eigenvalue weighted by Gasteiger charge is -2.19. The van der Waals surface area contributed by atoms with Crippen molar-refractivity contribution in [2.24, 2.45) is 13.0 Å². The smallest absolute Gasteiger partial charge is 0.254 e. The molecule has 7 nitrogen and oxygen atoms in total. The van der Waals surface area contributed by atoms with Crippen molar-refractivity contribution >= 4 is 28.5 Å². The lowest BCUT2D eigenvalue weighted by atomic mass is 10.0. The van der Waals surface area contributed by atoms with E-state index in [2.05, 4.69) is 22.8 Å². The van der Waals surface area contributed by atoms with E-state index in [9.17, 15) is 9.59 Å². The van der Waals surface area contributed by atoms with Gasteiger partial charge in [-0.1, -0.05) is 43.2 Å². The van der Waals surface area contributed by atoms with Crippen molar-refractivity contribution in [3.8, 4) is 0 Å². The Bertz CT molecular complexity index is 1280. The van der Waals surface area contributed by atoms with Gasteiger partial charge >= 0.3 is 0 Å². The topological polar surface area (TPSA) is 85.2 Å². The van der Waals surface area contributed by atoms with E-state index in [0.717, 1.165) is 62.0 Å². The Morgan fingerprint density at radius 1 is 1.08 bits per heavy atom. The predicted molar refractivity (Wildman–Crippen MR) is 139 cm³/mol. The molecule has 2 aromatic carbocycles. The Labute approximate surface area is 211 Å². The van der Waals surface area contributed by atoms with Crippen molar-refractivity contribution in [1.82, 2.24) is 14.9 Å². The summed E-state index contributed by atoms with van der Waals surface area (Å²) in [6.45, 7) is 0.725. The standard InChI is InChI=1S/C29H34N4O3/c1-33-26-22(28(35)32-29(13-14-29)20-10-3-2-4-11-20)17-21(30-25(34)16-19-8-5-6-9-19)18-23(26)31-27(33)24-12-7-15-36-24/h2-4,10-11,17-19,24H,5-9,12-16H2,1H3,(H,30,34)(H,32,35)/t24-/m0/s1. The summed E-state index contributed by atoms with van der Waals surface area (Å²) in [6.07, 6.45) is 8.85. The minimum absolute atomic E-state index is 0.00541. The number of aromatic nitrogens is 2. The van der Waals surface area contributed by atoms with Gasteiger partial charge in [0, 0.05) is 25.8 Å². The van der Waals surface area contributed by atoms with E-state index < -0.39 is 0 Å². The molecule has 3 fully saturated rings. The maximum Gasteiger partial charge on any atom is 0.254 e. The van der Waals surface area contributed by atoms with Crippen LogP contribution >= 0.6 is 0 Å². The number of imidazole rings is 1. The van der Waals surface area contributed by atoms with Crippen LogP contribution in [-0.4, -0.2) is 28.0 Å². The van der Waals surface area contributed by atoms with Crippen LogP contribution in [0.1, 0.15) is 85.6 Å². The molecule has 2 amide bonds. The molecule has 3 aromatic rings. The molecule has 36 heavy (non-hydrogen) atoms. The molecular weight excluding hydrogens is 452 g/mol. The molecule has 3 aliphatic rings. The molecule has 188 valence electrons. The van der Waals surface area contributed by atoms with E-state index in [1.54, 1.807) is 0 Å². The predicted octanol–water partition coefficient (Wildman–Crippen LogP) is 5.36. The van der Waals surface area contributed by atoms with E-state index in [1.807, 2.05) is 41.9 Å². The Balaban J connectivity index is 1.34. The van der Waals surface area contributed by atoms with Gasteiger partial charge in [-0.2, -0.15) is 0 Å². The summed E-state index contributed by atoms with van der Waals surface area (Å²) in [4.78, 5) is 31.5. The number of hydrogen-bond donors (Lipinski definition) is 2. The third-order valence-corrected chi connectivity index (χ3v) is 8.13. The second-order valence-electron chi connectivity index (χ2n) is 10.7. The first-order valence-electron chi connectivity index (χ1n) is 13.3. The highest BCUT2D eigenvalue weighted by Crippen LogP contribution is 2.46. The lowest BCUT2D eigenvalue weighted by molar-refractivity contribution is -0.117. The van der Waals surface area contributed by atoms with Crippen molar-refractivity contribution in [2.75, 3.05) is 11.9 Å². The van der Waals surface area contributed by atoms with Gasteiger partial charge < -0.3 is 19.9 Å². The normalized spacial score (nSPS) is 21.1. The number of rotatable bonds is 7. The zero-order chi connectivity index (χ0) is 24.7. The van der Waals surface area contributed by atoms with Crippen molar-refractivity contribution in [1.29, 1.82) is 0 Å². The summed E-state index contributed by atoms with van der Waals surface area (Å²) >= 11 is 0. The number of ether oxygens (including phenoxy) is 1. The Morgan fingerprint density at radius 3 is 2.56 bits per heavy atom. The van der Waals surface area contributed by atoms with Gasteiger partial charge in [0.1, 0.15) is 11.9 Å². The van der Waals surface area contributed by atoms with E-state index in [-0.39, 0.29) is 23.5 Å². The van der Waals surface area contributed by atoms with E-state index in [0.29, 0.717) is 29.1 Å². The van der Waals surface area contributed by atoms with Crippen molar-refractivity contribution in [2.45, 2.75) is 69.4 Å². The number of benzene rings is 2. The summed E-state index contributed by atoms with van der Waals surface area (Å²) in [7, 11) is 1.95. The second kappa shape index (κ2) is 9.36. The Kier molecular flexibility index (Phi) is 6.04. The second-order valence-corrected chi connectivity index (χ2v) is 10.7. The Morgan fingerprint density at radius 2 is 1.86 bits per heavy atom. The molecule has 1 atom stereocenters. The molecule has 2 aliphatic carbocycles. The van der Waals surface area contributed by atoms with Crippen molar-refractivity contribution < 1.29 is 14.3 Å². The first-order chi connectivity index (χ1) is 17.5. The molecular formula is C29H34N4O3. The number of carbonyl (C=O) groups excluding carboxylic acids is 2. The minimum Gasteiger partial charge on any atom is -0.370 e. The third-order valence-electron chi connectivity index (χ3n) is 8.13. The molecule has 1 saturated heterocycles. The molecule has 0 spiro atoms. The van der Waals surface area contributed by atoms with Crippen molar-refractivity contribution in [3.63, 3.8) is 0 Å². The van der Waals surface area contributed by atoms with Crippen LogP contribution < -0.4 is 10.6 Å². The van der Waals surface area contributed by atoms with Crippen LogP contribution in [0.3, 0.4) is 0 Å². The highest BCUT2D eigenvalue weighted by atomic mass is 16.5. The van der Waals surface area contributed by atoms with Crippen LogP contribution in [0.2, 0.25) is 0 Å². The van der Waals surface area contributed by atoms with E-state index in [1.165, 1.54) is 12.8 Å². The van der Waals surface area contributed by atoms with Crippen LogP contribution in [0, 0.1) is 5.92 Å². The number of anilines is 1. The highest BCUT2D eigenvalue weighted by molar-refractivity contribution is 6.08. The monoisotopic (exact) mass is 486 g/mol. The number of aryl methyl sites for hydroxylation is 1. The number of fused-ring (bicyclic) bond motifs is 1. The first-order valence-corrected chi connectivity index (χ1v) is 13.3. The largest absolute Gasteiger partial charge is 0.370 e. The number of carbonyl (C=O) groups is 2. The summed E-state index contributed by atoms with van der Waals surface area (Å²) in [5.41, 5.74) is 3.43. The molecule has 1 aliphatic heterocycles.